The van der Waals surface area contributed by atoms with Crippen LogP contribution in [0.15, 0.2) is 0 Å². The van der Waals surface area contributed by atoms with E-state index in [4.69, 9.17) is 9.47 Å². The predicted molar refractivity (Wildman–Crippen MR) is 26.7 cm³/mol. The van der Waals surface area contributed by atoms with Crippen LogP contribution in [0.2, 0.25) is 0 Å². The minimum absolute atomic E-state index is 0.440. The lowest BCUT2D eigenvalue weighted by atomic mass is 10.3. The molecule has 2 fully saturated rings. The molecule has 2 rings (SSSR count). The van der Waals surface area contributed by atoms with Crippen LogP contribution in [0.1, 0.15) is 0 Å². The summed E-state index contributed by atoms with van der Waals surface area (Å²) in [4.78, 5) is 2.14. The average Bonchev–Trinajstić information content (AvgIpc) is 2.15. The van der Waals surface area contributed by atoms with Crippen LogP contribution < -0.4 is 0 Å². The van der Waals surface area contributed by atoms with Crippen molar-refractivity contribution in [2.45, 2.75) is 6.04 Å². The van der Waals surface area contributed by atoms with Gasteiger partial charge in [-0.3, -0.25) is 0 Å². The summed E-state index contributed by atoms with van der Waals surface area (Å²) >= 11 is 0. The van der Waals surface area contributed by atoms with Gasteiger partial charge in [-0.05, 0) is 0 Å². The molecule has 0 spiro atoms. The summed E-state index contributed by atoms with van der Waals surface area (Å²) < 4.78 is 10.2. The Labute approximate surface area is 48.2 Å². The molecule has 0 aromatic rings. The summed E-state index contributed by atoms with van der Waals surface area (Å²) in [6, 6.07) is 0.440. The van der Waals surface area contributed by atoms with Crippen LogP contribution in [0, 0.1) is 6.61 Å². The Kier molecular flexibility index (Phi) is 0.997. The lowest BCUT2D eigenvalue weighted by molar-refractivity contribution is 0.0834. The summed E-state index contributed by atoms with van der Waals surface area (Å²) in [6.07, 6.45) is 0. The Morgan fingerprint density at radius 2 is 2.50 bits per heavy atom. The number of hydrogen-bond acceptors (Lipinski definition) is 3. The lowest BCUT2D eigenvalue weighted by Crippen LogP contribution is -2.23. The van der Waals surface area contributed by atoms with E-state index in [0.29, 0.717) is 12.8 Å². The molecule has 1 radical (unpaired) electrons. The van der Waals surface area contributed by atoms with E-state index in [1.807, 2.05) is 6.61 Å². The highest BCUT2D eigenvalue weighted by Gasteiger charge is 2.30. The van der Waals surface area contributed by atoms with Crippen LogP contribution in [-0.2, 0) is 9.47 Å². The minimum Gasteiger partial charge on any atom is -0.364 e. The van der Waals surface area contributed by atoms with Crippen molar-refractivity contribution in [1.82, 2.24) is 4.90 Å². The van der Waals surface area contributed by atoms with E-state index in [-0.39, 0.29) is 0 Å². The molecule has 0 amide bonds. The molecule has 3 heteroatoms. The van der Waals surface area contributed by atoms with E-state index in [0.717, 1.165) is 13.3 Å². The molecule has 0 aromatic carbocycles. The lowest BCUT2D eigenvalue weighted by Gasteiger charge is -2.05. The van der Waals surface area contributed by atoms with Crippen molar-refractivity contribution in [3.05, 3.63) is 6.61 Å². The van der Waals surface area contributed by atoms with E-state index in [2.05, 4.69) is 4.90 Å². The third-order valence-electron chi connectivity index (χ3n) is 1.51. The quantitative estimate of drug-likeness (QED) is 0.435. The van der Waals surface area contributed by atoms with Gasteiger partial charge in [0.05, 0.1) is 12.6 Å². The normalized spacial score (nSPS) is 31.5. The van der Waals surface area contributed by atoms with E-state index in [9.17, 15) is 0 Å². The van der Waals surface area contributed by atoms with Gasteiger partial charge in [0.2, 0.25) is 0 Å². The van der Waals surface area contributed by atoms with Gasteiger partial charge in [0, 0.05) is 0 Å². The molecule has 2 aliphatic heterocycles. The highest BCUT2D eigenvalue weighted by Crippen LogP contribution is 2.17. The second kappa shape index (κ2) is 1.69. The zero-order valence-corrected chi connectivity index (χ0v) is 4.54. The van der Waals surface area contributed by atoms with Gasteiger partial charge < -0.3 is 9.47 Å². The van der Waals surface area contributed by atoms with Gasteiger partial charge in [-0.1, -0.05) is 0 Å². The fourth-order valence-corrected chi connectivity index (χ4v) is 1.00. The Hall–Kier alpha value is -0.120. The molecule has 2 saturated heterocycles. The summed E-state index contributed by atoms with van der Waals surface area (Å²) in [7, 11) is 0. The first kappa shape index (κ1) is 4.73. The summed E-state index contributed by atoms with van der Waals surface area (Å²) in [5.41, 5.74) is 0. The Bertz CT molecular complexity index is 76.4. The Balaban J connectivity index is 2.04. The average molecular weight is 114 g/mol. The first-order valence-electron chi connectivity index (χ1n) is 2.73. The van der Waals surface area contributed by atoms with E-state index in [1.54, 1.807) is 0 Å². The van der Waals surface area contributed by atoms with Crippen LogP contribution in [0.3, 0.4) is 0 Å². The van der Waals surface area contributed by atoms with Crippen LogP contribution in [0.25, 0.3) is 0 Å². The fourth-order valence-electron chi connectivity index (χ4n) is 1.00. The molecule has 2 heterocycles. The minimum atomic E-state index is 0.440. The molecule has 1 unspecified atom stereocenters. The second-order valence-corrected chi connectivity index (χ2v) is 2.09. The monoisotopic (exact) mass is 114 g/mol. The predicted octanol–water partition coefficient (Wildman–Crippen LogP) is -0.206. The van der Waals surface area contributed by atoms with Crippen LogP contribution in [0.4, 0.5) is 0 Å². The van der Waals surface area contributed by atoms with E-state index >= 15 is 0 Å². The number of rotatable bonds is 0. The summed E-state index contributed by atoms with van der Waals surface area (Å²) in [6.45, 7) is 4.10. The SMILES string of the molecule is [CH]1OCN2COCC12. The molecular formula is C5H8NO2. The first-order valence-corrected chi connectivity index (χ1v) is 2.73. The molecule has 45 valence electrons. The van der Waals surface area contributed by atoms with Gasteiger partial charge in [-0.25, -0.2) is 4.90 Å². The Morgan fingerprint density at radius 3 is 3.38 bits per heavy atom. The Morgan fingerprint density at radius 1 is 1.50 bits per heavy atom. The topological polar surface area (TPSA) is 21.7 Å². The molecule has 0 saturated carbocycles. The van der Waals surface area contributed by atoms with E-state index in [1.165, 1.54) is 0 Å². The fraction of sp³-hybridized carbons (Fsp3) is 0.800. The highest BCUT2D eigenvalue weighted by molar-refractivity contribution is 4.84. The van der Waals surface area contributed by atoms with Gasteiger partial charge in [0.25, 0.3) is 0 Å². The van der Waals surface area contributed by atoms with Crippen molar-refractivity contribution in [3.8, 4) is 0 Å². The maximum atomic E-state index is 5.13. The molecule has 0 aromatic heterocycles. The molecule has 0 N–H and O–H groups in total. The molecule has 2 aliphatic rings. The number of fused-ring (bicyclic) bond motifs is 1. The van der Waals surface area contributed by atoms with Crippen LogP contribution in [-0.4, -0.2) is 31.0 Å². The van der Waals surface area contributed by atoms with E-state index < -0.39 is 0 Å². The first-order chi connectivity index (χ1) is 3.97. The van der Waals surface area contributed by atoms with Crippen molar-refractivity contribution < 1.29 is 9.47 Å². The summed E-state index contributed by atoms with van der Waals surface area (Å²) in [5, 5.41) is 0. The maximum Gasteiger partial charge on any atom is 0.105 e. The smallest absolute Gasteiger partial charge is 0.105 e. The third-order valence-corrected chi connectivity index (χ3v) is 1.51. The third kappa shape index (κ3) is 0.555. The zero-order chi connectivity index (χ0) is 5.40. The molecule has 0 bridgehead atoms. The van der Waals surface area contributed by atoms with Gasteiger partial charge in [-0.15, -0.1) is 0 Å². The van der Waals surface area contributed by atoms with Crippen molar-refractivity contribution in [2.75, 3.05) is 20.1 Å². The molecule has 1 atom stereocenters. The molecule has 0 aliphatic carbocycles. The number of ether oxygens (including phenoxy) is 2. The largest absolute Gasteiger partial charge is 0.364 e. The molecule has 3 nitrogen and oxygen atoms in total. The van der Waals surface area contributed by atoms with Gasteiger partial charge in [0.1, 0.15) is 20.1 Å². The van der Waals surface area contributed by atoms with Crippen molar-refractivity contribution in [1.29, 1.82) is 0 Å². The van der Waals surface area contributed by atoms with Crippen LogP contribution >= 0.6 is 0 Å². The standard InChI is InChI=1S/C5H8NO2/c1-5-2-8-4-6(5)3-7-1/h1,5H,2-4H2. The second-order valence-electron chi connectivity index (χ2n) is 2.09. The van der Waals surface area contributed by atoms with Crippen LogP contribution in [0.5, 0.6) is 0 Å². The van der Waals surface area contributed by atoms with Crippen molar-refractivity contribution in [3.63, 3.8) is 0 Å². The van der Waals surface area contributed by atoms with Crippen molar-refractivity contribution >= 4 is 0 Å². The highest BCUT2D eigenvalue weighted by atomic mass is 16.5. The zero-order valence-electron chi connectivity index (χ0n) is 4.54. The van der Waals surface area contributed by atoms with Crippen molar-refractivity contribution in [2.24, 2.45) is 0 Å². The number of hydrogen-bond donors (Lipinski definition) is 0. The number of nitrogens with zero attached hydrogens (tertiary/aromatic N) is 1. The maximum absolute atomic E-state index is 5.13. The van der Waals surface area contributed by atoms with Gasteiger partial charge >= 0.3 is 0 Å². The van der Waals surface area contributed by atoms with Gasteiger partial charge in [-0.2, -0.15) is 0 Å². The summed E-state index contributed by atoms with van der Waals surface area (Å²) in [5.74, 6) is 0. The van der Waals surface area contributed by atoms with Gasteiger partial charge in [0.15, 0.2) is 0 Å². The molecular weight excluding hydrogens is 106 g/mol. The molecule has 8 heavy (non-hydrogen) atoms.